The molecule has 2 N–H and O–H groups in total. The van der Waals surface area contributed by atoms with Gasteiger partial charge in [0.15, 0.2) is 0 Å². The molecule has 4 aromatic rings. The molecule has 0 fully saturated rings. The maximum atomic E-state index is 12.6. The molecule has 126 valence electrons. The number of fused-ring (bicyclic) bond motifs is 1. The molecular weight excluding hydrogens is 324 g/mol. The molecule has 0 saturated heterocycles. The SMILES string of the molecule is O=C(Nc1ccccc1-c1ccccc1)C(=O)c1c[nH]c2ccccc12. The molecule has 1 heterocycles. The van der Waals surface area contributed by atoms with Crippen LogP contribution >= 0.6 is 0 Å². The minimum Gasteiger partial charge on any atom is -0.360 e. The van der Waals surface area contributed by atoms with Crippen LogP contribution in [-0.4, -0.2) is 16.7 Å². The Morgan fingerprint density at radius 1 is 0.769 bits per heavy atom. The highest BCUT2D eigenvalue weighted by Crippen LogP contribution is 2.28. The molecule has 0 aliphatic heterocycles. The highest BCUT2D eigenvalue weighted by Gasteiger charge is 2.20. The lowest BCUT2D eigenvalue weighted by atomic mass is 10.0. The number of ketones is 1. The van der Waals surface area contributed by atoms with Crippen molar-refractivity contribution >= 4 is 28.3 Å². The van der Waals surface area contributed by atoms with Crippen molar-refractivity contribution in [3.05, 3.63) is 90.6 Å². The zero-order valence-electron chi connectivity index (χ0n) is 13.9. The Morgan fingerprint density at radius 3 is 2.31 bits per heavy atom. The summed E-state index contributed by atoms with van der Waals surface area (Å²) in [6, 6.07) is 24.6. The minimum absolute atomic E-state index is 0.371. The minimum atomic E-state index is -0.655. The van der Waals surface area contributed by atoms with Gasteiger partial charge in [-0.15, -0.1) is 0 Å². The van der Waals surface area contributed by atoms with Crippen LogP contribution in [0, 0.1) is 0 Å². The van der Waals surface area contributed by atoms with Crippen LogP contribution in [0.4, 0.5) is 5.69 Å². The molecule has 3 aromatic carbocycles. The molecule has 4 heteroatoms. The Morgan fingerprint density at radius 2 is 1.46 bits per heavy atom. The Bertz CT molecular complexity index is 1100. The molecule has 0 aliphatic carbocycles. The number of para-hydroxylation sites is 2. The van der Waals surface area contributed by atoms with E-state index in [1.807, 2.05) is 72.8 Å². The van der Waals surface area contributed by atoms with Crippen molar-refractivity contribution in [1.29, 1.82) is 0 Å². The highest BCUT2D eigenvalue weighted by molar-refractivity contribution is 6.48. The van der Waals surface area contributed by atoms with E-state index in [0.29, 0.717) is 11.3 Å². The van der Waals surface area contributed by atoms with Crippen molar-refractivity contribution < 1.29 is 9.59 Å². The van der Waals surface area contributed by atoms with Crippen molar-refractivity contribution in [1.82, 2.24) is 4.98 Å². The Hall–Kier alpha value is -3.66. The molecule has 1 amide bonds. The average molecular weight is 340 g/mol. The third kappa shape index (κ3) is 2.89. The lowest BCUT2D eigenvalue weighted by molar-refractivity contribution is -0.112. The lowest BCUT2D eigenvalue weighted by Gasteiger charge is -2.10. The molecule has 4 rings (SSSR count). The van der Waals surface area contributed by atoms with Crippen molar-refractivity contribution in [3.8, 4) is 11.1 Å². The van der Waals surface area contributed by atoms with Gasteiger partial charge in [0.05, 0.1) is 5.56 Å². The van der Waals surface area contributed by atoms with Gasteiger partial charge in [-0.1, -0.05) is 66.7 Å². The molecule has 0 atom stereocenters. The number of hydrogen-bond donors (Lipinski definition) is 2. The zero-order chi connectivity index (χ0) is 17.9. The molecular formula is C22H16N2O2. The van der Waals surface area contributed by atoms with Gasteiger partial charge in [0, 0.05) is 28.4 Å². The average Bonchev–Trinajstić information content (AvgIpc) is 3.12. The zero-order valence-corrected chi connectivity index (χ0v) is 13.9. The molecule has 0 unspecified atom stereocenters. The first-order chi connectivity index (χ1) is 12.7. The standard InChI is InChI=1S/C22H16N2O2/c25-21(18-14-23-19-12-6-5-11-17(18)19)22(26)24-20-13-7-4-10-16(20)15-8-2-1-3-9-15/h1-14,23H,(H,24,26). The van der Waals surface area contributed by atoms with Gasteiger partial charge in [-0.05, 0) is 17.7 Å². The van der Waals surface area contributed by atoms with Crippen molar-refractivity contribution in [3.63, 3.8) is 0 Å². The van der Waals surface area contributed by atoms with Crippen LogP contribution in [0.15, 0.2) is 85.1 Å². The van der Waals surface area contributed by atoms with Crippen LogP contribution in [0.25, 0.3) is 22.0 Å². The number of amides is 1. The fourth-order valence-electron chi connectivity index (χ4n) is 3.02. The predicted octanol–water partition coefficient (Wildman–Crippen LogP) is 4.66. The van der Waals surface area contributed by atoms with E-state index >= 15 is 0 Å². The number of carbonyl (C=O) groups excluding carboxylic acids is 2. The maximum absolute atomic E-state index is 12.6. The normalized spacial score (nSPS) is 10.6. The molecule has 1 aromatic heterocycles. The van der Waals surface area contributed by atoms with Crippen LogP contribution in [-0.2, 0) is 4.79 Å². The second kappa shape index (κ2) is 6.69. The van der Waals surface area contributed by atoms with Gasteiger partial charge >= 0.3 is 0 Å². The van der Waals surface area contributed by atoms with E-state index < -0.39 is 11.7 Å². The number of H-pyrrole nitrogens is 1. The second-order valence-electron chi connectivity index (χ2n) is 5.94. The van der Waals surface area contributed by atoms with Crippen LogP contribution in [0.3, 0.4) is 0 Å². The van der Waals surface area contributed by atoms with Crippen LogP contribution < -0.4 is 5.32 Å². The summed E-state index contributed by atoms with van der Waals surface area (Å²) in [5.74, 6) is -1.22. The number of nitrogens with one attached hydrogen (secondary N) is 2. The molecule has 0 radical (unpaired) electrons. The summed E-state index contributed by atoms with van der Waals surface area (Å²) < 4.78 is 0. The van der Waals surface area contributed by atoms with Gasteiger partial charge in [-0.25, -0.2) is 0 Å². The number of anilines is 1. The summed E-state index contributed by atoms with van der Waals surface area (Å²) in [5.41, 5.74) is 3.65. The Balaban J connectivity index is 1.64. The lowest BCUT2D eigenvalue weighted by Crippen LogP contribution is -2.23. The maximum Gasteiger partial charge on any atom is 0.296 e. The fourth-order valence-corrected chi connectivity index (χ4v) is 3.02. The van der Waals surface area contributed by atoms with Crippen LogP contribution in [0.5, 0.6) is 0 Å². The van der Waals surface area contributed by atoms with E-state index in [-0.39, 0.29) is 0 Å². The number of benzene rings is 3. The number of aromatic nitrogens is 1. The number of carbonyl (C=O) groups is 2. The summed E-state index contributed by atoms with van der Waals surface area (Å²) in [4.78, 5) is 28.2. The van der Waals surface area contributed by atoms with Gasteiger partial charge in [-0.2, -0.15) is 0 Å². The van der Waals surface area contributed by atoms with Gasteiger partial charge < -0.3 is 10.3 Å². The van der Waals surface area contributed by atoms with Gasteiger partial charge in [0.1, 0.15) is 0 Å². The van der Waals surface area contributed by atoms with Gasteiger partial charge in [-0.3, -0.25) is 9.59 Å². The summed E-state index contributed by atoms with van der Waals surface area (Å²) in [7, 11) is 0. The number of rotatable bonds is 4. The Kier molecular flexibility index (Phi) is 4.07. The van der Waals surface area contributed by atoms with E-state index in [2.05, 4.69) is 10.3 Å². The Labute approximate surface area is 150 Å². The molecule has 4 nitrogen and oxygen atoms in total. The smallest absolute Gasteiger partial charge is 0.296 e. The van der Waals surface area contributed by atoms with E-state index in [1.54, 1.807) is 12.3 Å². The van der Waals surface area contributed by atoms with E-state index in [1.165, 1.54) is 0 Å². The quantitative estimate of drug-likeness (QED) is 0.419. The summed E-state index contributed by atoms with van der Waals surface area (Å²) in [6.45, 7) is 0. The van der Waals surface area contributed by atoms with Crippen molar-refractivity contribution in [2.45, 2.75) is 0 Å². The molecule has 0 bridgehead atoms. The topological polar surface area (TPSA) is 62.0 Å². The van der Waals surface area contributed by atoms with Crippen molar-refractivity contribution in [2.24, 2.45) is 0 Å². The van der Waals surface area contributed by atoms with Gasteiger partial charge in [0.25, 0.3) is 11.7 Å². The van der Waals surface area contributed by atoms with E-state index in [4.69, 9.17) is 0 Å². The summed E-state index contributed by atoms with van der Waals surface area (Å²) >= 11 is 0. The van der Waals surface area contributed by atoms with Crippen LogP contribution in [0.2, 0.25) is 0 Å². The highest BCUT2D eigenvalue weighted by atomic mass is 16.2. The largest absolute Gasteiger partial charge is 0.360 e. The summed E-state index contributed by atoms with van der Waals surface area (Å²) in [5, 5.41) is 3.50. The molecule has 26 heavy (non-hydrogen) atoms. The molecule has 0 aliphatic rings. The third-order valence-electron chi connectivity index (χ3n) is 4.30. The van der Waals surface area contributed by atoms with E-state index in [9.17, 15) is 9.59 Å². The third-order valence-corrected chi connectivity index (χ3v) is 4.30. The first-order valence-corrected chi connectivity index (χ1v) is 8.30. The predicted molar refractivity (Wildman–Crippen MR) is 103 cm³/mol. The summed E-state index contributed by atoms with van der Waals surface area (Å²) in [6.07, 6.45) is 1.58. The van der Waals surface area contributed by atoms with Crippen molar-refractivity contribution in [2.75, 3.05) is 5.32 Å². The number of aromatic amines is 1. The molecule has 0 saturated carbocycles. The fraction of sp³-hybridized carbons (Fsp3) is 0. The first kappa shape index (κ1) is 15.8. The van der Waals surface area contributed by atoms with E-state index in [0.717, 1.165) is 22.0 Å². The molecule has 0 spiro atoms. The monoisotopic (exact) mass is 340 g/mol. The number of hydrogen-bond acceptors (Lipinski definition) is 2. The van der Waals surface area contributed by atoms with Gasteiger partial charge in [0.2, 0.25) is 0 Å². The second-order valence-corrected chi connectivity index (χ2v) is 5.94. The number of Topliss-reactive ketones (excluding diaryl/α,β-unsaturated/α-hetero) is 1. The first-order valence-electron chi connectivity index (χ1n) is 8.30. The van der Waals surface area contributed by atoms with Crippen LogP contribution in [0.1, 0.15) is 10.4 Å².